The molecule has 0 aliphatic heterocycles. The quantitative estimate of drug-likeness (QED) is 0.802. The molecule has 9 heteroatoms. The molecule has 9 nitrogen and oxygen atoms in total. The van der Waals surface area contributed by atoms with Crippen molar-refractivity contribution in [1.82, 2.24) is 9.97 Å². The second kappa shape index (κ2) is 6.03. The molecule has 124 valence electrons. The first kappa shape index (κ1) is 16.4. The molecule has 0 spiro atoms. The molecule has 0 unspecified atom stereocenters. The maximum Gasteiger partial charge on any atom is 0.261 e. The SMILES string of the molecule is COc1c(OC)c(C(N)=O)c2c(=O)[nH]c(N(C)C)nc2c1OC. The third-order valence-electron chi connectivity index (χ3n) is 3.29. The van der Waals surface area contributed by atoms with Gasteiger partial charge in [-0.15, -0.1) is 0 Å². The number of hydrogen-bond acceptors (Lipinski definition) is 7. The van der Waals surface area contributed by atoms with Crippen molar-refractivity contribution in [2.75, 3.05) is 40.3 Å². The van der Waals surface area contributed by atoms with Gasteiger partial charge in [-0.1, -0.05) is 0 Å². The van der Waals surface area contributed by atoms with Crippen molar-refractivity contribution in [3.05, 3.63) is 15.9 Å². The summed E-state index contributed by atoms with van der Waals surface area (Å²) in [5.74, 6) is -0.201. The minimum absolute atomic E-state index is 0.0161. The van der Waals surface area contributed by atoms with Crippen LogP contribution in [-0.2, 0) is 0 Å². The Labute approximate surface area is 132 Å². The van der Waals surface area contributed by atoms with Gasteiger partial charge in [0, 0.05) is 14.1 Å². The van der Waals surface area contributed by atoms with Gasteiger partial charge < -0.3 is 24.8 Å². The van der Waals surface area contributed by atoms with Crippen LogP contribution in [0.3, 0.4) is 0 Å². The number of primary amides is 1. The molecular weight excluding hydrogens is 304 g/mol. The molecule has 2 aromatic rings. The molecule has 3 N–H and O–H groups in total. The second-order valence-corrected chi connectivity index (χ2v) is 4.85. The number of carbonyl (C=O) groups is 1. The van der Waals surface area contributed by atoms with Gasteiger partial charge in [0.1, 0.15) is 11.1 Å². The number of fused-ring (bicyclic) bond motifs is 1. The molecule has 0 radical (unpaired) electrons. The zero-order chi connectivity index (χ0) is 17.3. The Bertz CT molecular complexity index is 828. The average Bonchev–Trinajstić information content (AvgIpc) is 2.51. The van der Waals surface area contributed by atoms with Crippen LogP contribution in [-0.4, -0.2) is 51.3 Å². The van der Waals surface area contributed by atoms with Crippen molar-refractivity contribution in [2.24, 2.45) is 5.73 Å². The predicted molar refractivity (Wildman–Crippen MR) is 84.9 cm³/mol. The van der Waals surface area contributed by atoms with Crippen LogP contribution in [0.1, 0.15) is 10.4 Å². The summed E-state index contributed by atoms with van der Waals surface area (Å²) >= 11 is 0. The third kappa shape index (κ3) is 2.50. The van der Waals surface area contributed by atoms with Gasteiger partial charge in [0.2, 0.25) is 11.7 Å². The van der Waals surface area contributed by atoms with Gasteiger partial charge in [-0.3, -0.25) is 14.6 Å². The van der Waals surface area contributed by atoms with Crippen molar-refractivity contribution in [3.8, 4) is 17.2 Å². The lowest BCUT2D eigenvalue weighted by molar-refractivity contribution is 0.0998. The molecule has 0 saturated carbocycles. The molecule has 1 amide bonds. The number of hydrogen-bond donors (Lipinski definition) is 2. The number of carbonyl (C=O) groups excluding carboxylic acids is 1. The summed E-state index contributed by atoms with van der Waals surface area (Å²) in [6.45, 7) is 0. The summed E-state index contributed by atoms with van der Waals surface area (Å²) < 4.78 is 15.8. The molecule has 0 aliphatic rings. The van der Waals surface area contributed by atoms with Crippen molar-refractivity contribution in [3.63, 3.8) is 0 Å². The van der Waals surface area contributed by atoms with Gasteiger partial charge in [-0.2, -0.15) is 0 Å². The fourth-order valence-electron chi connectivity index (χ4n) is 2.31. The number of methoxy groups -OCH3 is 3. The second-order valence-electron chi connectivity index (χ2n) is 4.85. The lowest BCUT2D eigenvalue weighted by Gasteiger charge is -2.18. The van der Waals surface area contributed by atoms with E-state index in [1.54, 1.807) is 19.0 Å². The van der Waals surface area contributed by atoms with Gasteiger partial charge in [-0.25, -0.2) is 4.98 Å². The first-order chi connectivity index (χ1) is 10.9. The zero-order valence-corrected chi connectivity index (χ0v) is 13.5. The van der Waals surface area contributed by atoms with Crippen LogP contribution in [0.5, 0.6) is 17.2 Å². The summed E-state index contributed by atoms with van der Waals surface area (Å²) in [5, 5.41) is -0.0161. The molecular formula is C14H18N4O5. The number of nitrogens with zero attached hydrogens (tertiary/aromatic N) is 2. The van der Waals surface area contributed by atoms with Crippen LogP contribution >= 0.6 is 0 Å². The topological polar surface area (TPSA) is 120 Å². The minimum atomic E-state index is -0.835. The van der Waals surface area contributed by atoms with Crippen LogP contribution in [0.2, 0.25) is 0 Å². The lowest BCUT2D eigenvalue weighted by atomic mass is 10.1. The van der Waals surface area contributed by atoms with E-state index in [1.165, 1.54) is 21.3 Å². The lowest BCUT2D eigenvalue weighted by Crippen LogP contribution is -2.23. The van der Waals surface area contributed by atoms with E-state index >= 15 is 0 Å². The van der Waals surface area contributed by atoms with E-state index in [4.69, 9.17) is 19.9 Å². The van der Waals surface area contributed by atoms with Gasteiger partial charge in [0.15, 0.2) is 11.5 Å². The van der Waals surface area contributed by atoms with Gasteiger partial charge in [-0.05, 0) is 0 Å². The molecule has 0 saturated heterocycles. The van der Waals surface area contributed by atoms with Crippen LogP contribution in [0.25, 0.3) is 10.9 Å². The first-order valence-electron chi connectivity index (χ1n) is 6.60. The third-order valence-corrected chi connectivity index (χ3v) is 3.29. The van der Waals surface area contributed by atoms with Gasteiger partial charge in [0.05, 0.1) is 26.7 Å². The van der Waals surface area contributed by atoms with Crippen LogP contribution < -0.4 is 30.4 Å². The standard InChI is InChI=1S/C14H18N4O5/c1-18(2)14-16-8-6(13(20)17-14)7(12(15)19)9(21-3)11(23-5)10(8)22-4/h1-5H3,(H2,15,19)(H,16,17,20). The molecule has 2 rings (SSSR count). The molecule has 0 aliphatic carbocycles. The minimum Gasteiger partial charge on any atom is -0.492 e. The molecule has 0 bridgehead atoms. The number of nitrogens with two attached hydrogens (primary N) is 1. The summed E-state index contributed by atoms with van der Waals surface area (Å²) in [4.78, 5) is 32.9. The number of rotatable bonds is 5. The van der Waals surface area contributed by atoms with Crippen LogP contribution in [0.15, 0.2) is 4.79 Å². The Hall–Kier alpha value is -2.97. The highest BCUT2D eigenvalue weighted by Gasteiger charge is 2.28. The Morgan fingerprint density at radius 3 is 2.09 bits per heavy atom. The summed E-state index contributed by atoms with van der Waals surface area (Å²) in [6, 6.07) is 0. The van der Waals surface area contributed by atoms with Crippen LogP contribution in [0, 0.1) is 0 Å². The van der Waals surface area contributed by atoms with E-state index in [0.29, 0.717) is 5.95 Å². The van der Waals surface area contributed by atoms with Crippen molar-refractivity contribution >= 4 is 22.8 Å². The maximum absolute atomic E-state index is 12.5. The molecule has 1 heterocycles. The Morgan fingerprint density at radius 1 is 1.09 bits per heavy atom. The first-order valence-corrected chi connectivity index (χ1v) is 6.60. The number of aromatic nitrogens is 2. The number of anilines is 1. The highest BCUT2D eigenvalue weighted by molar-refractivity contribution is 6.11. The van der Waals surface area contributed by atoms with Gasteiger partial charge in [0.25, 0.3) is 11.5 Å². The fraction of sp³-hybridized carbons (Fsp3) is 0.357. The largest absolute Gasteiger partial charge is 0.492 e. The molecule has 1 aromatic carbocycles. The van der Waals surface area contributed by atoms with E-state index in [2.05, 4.69) is 9.97 Å². The summed E-state index contributed by atoms with van der Waals surface area (Å²) in [6.07, 6.45) is 0. The van der Waals surface area contributed by atoms with Crippen molar-refractivity contribution in [2.45, 2.75) is 0 Å². The summed E-state index contributed by atoms with van der Waals surface area (Å²) in [7, 11) is 7.56. The smallest absolute Gasteiger partial charge is 0.261 e. The number of amides is 1. The average molecular weight is 322 g/mol. The number of H-pyrrole nitrogens is 1. The number of aromatic amines is 1. The number of benzene rings is 1. The van der Waals surface area contributed by atoms with E-state index in [0.717, 1.165) is 0 Å². The molecule has 0 atom stereocenters. The fourth-order valence-corrected chi connectivity index (χ4v) is 2.31. The Kier molecular flexibility index (Phi) is 4.30. The zero-order valence-electron chi connectivity index (χ0n) is 13.5. The molecule has 1 aromatic heterocycles. The summed E-state index contributed by atoms with van der Waals surface area (Å²) in [5.41, 5.74) is 4.94. The molecule has 23 heavy (non-hydrogen) atoms. The maximum atomic E-state index is 12.5. The highest BCUT2D eigenvalue weighted by atomic mass is 16.5. The van der Waals surface area contributed by atoms with Crippen molar-refractivity contribution < 1.29 is 19.0 Å². The van der Waals surface area contributed by atoms with Crippen LogP contribution in [0.4, 0.5) is 5.95 Å². The van der Waals surface area contributed by atoms with Gasteiger partial charge >= 0.3 is 0 Å². The van der Waals surface area contributed by atoms with E-state index in [-0.39, 0.29) is 33.7 Å². The van der Waals surface area contributed by atoms with Crippen molar-refractivity contribution in [1.29, 1.82) is 0 Å². The van der Waals surface area contributed by atoms with E-state index < -0.39 is 11.5 Å². The predicted octanol–water partition coefficient (Wildman–Crippen LogP) is 0.114. The normalized spacial score (nSPS) is 10.5. The Balaban J connectivity index is 3.14. The molecule has 0 fully saturated rings. The number of nitrogens with one attached hydrogen (secondary N) is 1. The highest BCUT2D eigenvalue weighted by Crippen LogP contribution is 2.45. The Morgan fingerprint density at radius 2 is 1.65 bits per heavy atom. The monoisotopic (exact) mass is 322 g/mol. The van der Waals surface area contributed by atoms with E-state index in [1.807, 2.05) is 0 Å². The van der Waals surface area contributed by atoms with E-state index in [9.17, 15) is 9.59 Å². The number of ether oxygens (including phenoxy) is 3.